The maximum Gasteiger partial charge on any atom is 0.418 e. The molecule has 4 rings (SSSR count). The average molecular weight is 659 g/mol. The maximum absolute atomic E-state index is 14.3. The first kappa shape index (κ1) is 34.6. The molecule has 0 saturated carbocycles. The summed E-state index contributed by atoms with van der Waals surface area (Å²) in [5, 5.41) is 3.37. The second kappa shape index (κ2) is 14.9. The molecule has 2 aromatic carbocycles. The van der Waals surface area contributed by atoms with Crippen LogP contribution in [0, 0.1) is 0 Å². The van der Waals surface area contributed by atoms with Crippen molar-refractivity contribution in [2.45, 2.75) is 47.4 Å². The average Bonchev–Trinajstić information content (AvgIpc) is 3.21. The van der Waals surface area contributed by atoms with Crippen molar-refractivity contribution in [1.29, 1.82) is 0 Å². The van der Waals surface area contributed by atoms with Crippen LogP contribution in [0.1, 0.15) is 36.0 Å². The number of amides is 2. The summed E-state index contributed by atoms with van der Waals surface area (Å²) in [6.07, 6.45) is -6.78. The molecule has 0 bridgehead atoms. The number of alkyl halides is 6. The van der Waals surface area contributed by atoms with E-state index in [2.05, 4.69) is 5.32 Å². The number of nitrogens with one attached hydrogen (secondary N) is 1. The van der Waals surface area contributed by atoms with E-state index in [4.69, 9.17) is 4.74 Å². The van der Waals surface area contributed by atoms with E-state index in [1.807, 2.05) is 23.9 Å². The zero-order valence-corrected chi connectivity index (χ0v) is 25.8. The molecule has 1 N–H and O–H groups in total. The predicted molar refractivity (Wildman–Crippen MR) is 160 cm³/mol. The van der Waals surface area contributed by atoms with Gasteiger partial charge in [0.25, 0.3) is 0 Å². The number of ether oxygens (including phenoxy) is 1. The number of rotatable bonds is 8. The summed E-state index contributed by atoms with van der Waals surface area (Å²) in [6, 6.07) is 8.48. The van der Waals surface area contributed by atoms with E-state index in [0.29, 0.717) is 48.4 Å². The molecule has 2 heterocycles. The van der Waals surface area contributed by atoms with Crippen molar-refractivity contribution in [2.24, 2.45) is 0 Å². The second-order valence-electron chi connectivity index (χ2n) is 11.2. The molecule has 2 aliphatic rings. The van der Waals surface area contributed by atoms with E-state index in [1.54, 1.807) is 18.2 Å². The lowest BCUT2D eigenvalue weighted by atomic mass is 9.99. The van der Waals surface area contributed by atoms with Gasteiger partial charge in [0.2, 0.25) is 11.8 Å². The molecule has 2 fully saturated rings. The molecule has 0 spiro atoms. The molecular weight excluding hydrogens is 622 g/mol. The van der Waals surface area contributed by atoms with E-state index in [-0.39, 0.29) is 38.3 Å². The van der Waals surface area contributed by atoms with Crippen LogP contribution in [0.2, 0.25) is 0 Å². The molecule has 246 valence electrons. The number of morpholine rings is 1. The highest BCUT2D eigenvalue weighted by Crippen LogP contribution is 2.48. The fourth-order valence-corrected chi connectivity index (χ4v) is 6.38. The summed E-state index contributed by atoms with van der Waals surface area (Å²) in [4.78, 5) is 29.6. The van der Waals surface area contributed by atoms with Crippen LogP contribution < -0.4 is 5.32 Å². The predicted octanol–water partition coefficient (Wildman–Crippen LogP) is 6.10. The van der Waals surface area contributed by atoms with Crippen molar-refractivity contribution in [3.63, 3.8) is 0 Å². The number of likely N-dealkylation sites (tertiary alicyclic amines) is 1. The summed E-state index contributed by atoms with van der Waals surface area (Å²) in [5.41, 5.74) is -3.77. The first-order valence-corrected chi connectivity index (χ1v) is 15.4. The minimum absolute atomic E-state index is 0.0104. The van der Waals surface area contributed by atoms with Gasteiger partial charge >= 0.3 is 12.4 Å². The van der Waals surface area contributed by atoms with E-state index in [1.165, 1.54) is 11.0 Å². The number of benzene rings is 2. The Hall–Kier alpha value is -3.23. The van der Waals surface area contributed by atoms with Crippen LogP contribution in [0.4, 0.5) is 32.0 Å². The summed E-state index contributed by atoms with van der Waals surface area (Å²) in [5.74, 6) is -0.563. The van der Waals surface area contributed by atoms with Crippen LogP contribution in [0.5, 0.6) is 0 Å². The Morgan fingerprint density at radius 2 is 1.67 bits per heavy atom. The van der Waals surface area contributed by atoms with Crippen LogP contribution in [0.3, 0.4) is 0 Å². The highest BCUT2D eigenvalue weighted by atomic mass is 32.2. The summed E-state index contributed by atoms with van der Waals surface area (Å²) in [6.45, 7) is 2.53. The normalized spacial score (nSPS) is 18.4. The Morgan fingerprint density at radius 1 is 0.956 bits per heavy atom. The van der Waals surface area contributed by atoms with Gasteiger partial charge in [0.15, 0.2) is 0 Å². The first-order chi connectivity index (χ1) is 21.2. The Morgan fingerprint density at radius 3 is 2.33 bits per heavy atom. The SMILES string of the molecule is CN(C)CC(=O)N1CCCC(Nc2cccc(Sc3ccc(/C=C/C(=O)N4CCOCC4)c(C(F)(F)F)c3C(F)(F)F)c2)CC1. The lowest BCUT2D eigenvalue weighted by Gasteiger charge is -2.25. The van der Waals surface area contributed by atoms with Gasteiger partial charge in [-0.2, -0.15) is 26.3 Å². The topological polar surface area (TPSA) is 65.1 Å². The molecule has 0 aromatic heterocycles. The number of likely N-dealkylation sites (N-methyl/N-ethyl adjacent to an activating group) is 1. The van der Waals surface area contributed by atoms with Crippen molar-refractivity contribution in [2.75, 3.05) is 65.3 Å². The zero-order valence-electron chi connectivity index (χ0n) is 25.0. The number of carbonyl (C=O) groups is 2. The molecule has 14 heteroatoms. The van der Waals surface area contributed by atoms with Crippen molar-refractivity contribution in [3.8, 4) is 0 Å². The van der Waals surface area contributed by atoms with Crippen LogP contribution in [0.25, 0.3) is 6.08 Å². The second-order valence-corrected chi connectivity index (χ2v) is 12.3. The fraction of sp³-hybridized carbons (Fsp3) is 0.484. The number of hydrogen-bond donors (Lipinski definition) is 1. The van der Waals surface area contributed by atoms with Crippen molar-refractivity contribution in [1.82, 2.24) is 14.7 Å². The van der Waals surface area contributed by atoms with Crippen molar-refractivity contribution < 1.29 is 40.7 Å². The zero-order chi connectivity index (χ0) is 32.8. The lowest BCUT2D eigenvalue weighted by molar-refractivity contribution is -0.163. The Kier molecular flexibility index (Phi) is 11.5. The molecule has 1 atom stereocenters. The minimum atomic E-state index is -5.34. The molecule has 2 saturated heterocycles. The van der Waals surface area contributed by atoms with Gasteiger partial charge in [0.05, 0.1) is 30.9 Å². The summed E-state index contributed by atoms with van der Waals surface area (Å²) in [7, 11) is 3.65. The summed E-state index contributed by atoms with van der Waals surface area (Å²) >= 11 is 0.587. The number of anilines is 1. The van der Waals surface area contributed by atoms with Gasteiger partial charge in [-0.25, -0.2) is 0 Å². The smallest absolute Gasteiger partial charge is 0.382 e. The first-order valence-electron chi connectivity index (χ1n) is 14.6. The number of hydrogen-bond acceptors (Lipinski definition) is 6. The largest absolute Gasteiger partial charge is 0.418 e. The third-order valence-electron chi connectivity index (χ3n) is 7.46. The van der Waals surface area contributed by atoms with Gasteiger partial charge in [-0.1, -0.05) is 23.9 Å². The van der Waals surface area contributed by atoms with Crippen LogP contribution in [0.15, 0.2) is 52.3 Å². The molecule has 7 nitrogen and oxygen atoms in total. The molecular formula is C31H36F6N4O3S. The van der Waals surface area contributed by atoms with Gasteiger partial charge < -0.3 is 24.8 Å². The number of halogens is 6. The van der Waals surface area contributed by atoms with E-state index < -0.39 is 39.8 Å². The Balaban J connectivity index is 1.55. The molecule has 2 aromatic rings. The molecule has 45 heavy (non-hydrogen) atoms. The fourth-order valence-electron chi connectivity index (χ4n) is 5.33. The van der Waals surface area contributed by atoms with Gasteiger partial charge in [0.1, 0.15) is 0 Å². The Labute approximate surface area is 262 Å². The Bertz CT molecular complexity index is 1380. The van der Waals surface area contributed by atoms with Crippen molar-refractivity contribution >= 4 is 35.3 Å². The lowest BCUT2D eigenvalue weighted by Crippen LogP contribution is -2.39. The molecule has 2 aliphatic heterocycles. The van der Waals surface area contributed by atoms with Crippen molar-refractivity contribution in [3.05, 3.63) is 59.2 Å². The van der Waals surface area contributed by atoms with Crippen LogP contribution in [-0.4, -0.2) is 92.6 Å². The molecule has 0 radical (unpaired) electrons. The van der Waals surface area contributed by atoms with E-state index >= 15 is 0 Å². The third-order valence-corrected chi connectivity index (χ3v) is 8.51. The van der Waals surface area contributed by atoms with Crippen LogP contribution >= 0.6 is 11.8 Å². The summed E-state index contributed by atoms with van der Waals surface area (Å²) < 4.78 is 90.9. The highest BCUT2D eigenvalue weighted by molar-refractivity contribution is 7.99. The van der Waals surface area contributed by atoms with E-state index in [9.17, 15) is 35.9 Å². The standard InChI is InChI=1S/C31H36F6N4O3S/c1-39(2)20-27(43)40-13-4-6-22(12-14-40)38-23-5-3-7-24(19-23)45-25-10-8-21(9-11-26(42)41-15-17-44-18-16-41)28(30(32,33)34)29(25)31(35,36)37/h3,5,7-11,19,22,38H,4,6,12-18,20H2,1-2H3/b11-9+. The molecule has 2 amide bonds. The number of nitrogens with zero attached hydrogens (tertiary/aromatic N) is 3. The number of carbonyl (C=O) groups excluding carboxylic acids is 2. The highest BCUT2D eigenvalue weighted by Gasteiger charge is 2.46. The van der Waals surface area contributed by atoms with Gasteiger partial charge in [-0.15, -0.1) is 0 Å². The molecule has 0 aliphatic carbocycles. The molecule has 1 unspecified atom stereocenters. The van der Waals surface area contributed by atoms with Gasteiger partial charge in [-0.3, -0.25) is 9.59 Å². The quantitative estimate of drug-likeness (QED) is 0.273. The minimum Gasteiger partial charge on any atom is -0.382 e. The maximum atomic E-state index is 14.3. The van der Waals surface area contributed by atoms with Gasteiger partial charge in [0, 0.05) is 53.8 Å². The van der Waals surface area contributed by atoms with E-state index in [0.717, 1.165) is 37.1 Å². The van der Waals surface area contributed by atoms with Gasteiger partial charge in [-0.05, 0) is 69.3 Å². The third kappa shape index (κ3) is 9.63. The monoisotopic (exact) mass is 658 g/mol. The van der Waals surface area contributed by atoms with Crippen LogP contribution in [-0.2, 0) is 26.7 Å².